The molecule has 4 aromatic rings. The molecule has 202 valence electrons. The third-order valence-electron chi connectivity index (χ3n) is 7.93. The zero-order valence-electron chi connectivity index (χ0n) is 24.7. The molecule has 1 N–H and O–H groups in total. The van der Waals surface area contributed by atoms with Crippen LogP contribution in [0.4, 0.5) is 27.5 Å². The molecule has 5 rings (SSSR count). The Balaban J connectivity index is 2.00. The molecule has 4 aromatic carbocycles. The summed E-state index contributed by atoms with van der Waals surface area (Å²) in [5, 5.41) is 3.22. The van der Waals surface area contributed by atoms with Crippen LogP contribution in [0.15, 0.2) is 82.8 Å². The molecular weight excluding hydrogens is 492 g/mol. The maximum absolute atomic E-state index is 14.7. The molecule has 1 aliphatic rings. The van der Waals surface area contributed by atoms with Crippen LogP contribution >= 0.6 is 0 Å². The third kappa shape index (κ3) is 4.27. The number of aliphatic imine (C=N–C) groups is 2. The highest BCUT2D eigenvalue weighted by Crippen LogP contribution is 2.47. The van der Waals surface area contributed by atoms with Crippen LogP contribution in [0.2, 0.25) is 0 Å². The molecule has 5 nitrogen and oxygen atoms in total. The molecule has 0 atom stereocenters. The summed E-state index contributed by atoms with van der Waals surface area (Å²) in [5.41, 5.74) is 11.7. The van der Waals surface area contributed by atoms with Crippen molar-refractivity contribution in [3.8, 4) is 0 Å². The highest BCUT2D eigenvalue weighted by atomic mass is 16.2. The van der Waals surface area contributed by atoms with Crippen molar-refractivity contribution in [2.45, 2.75) is 55.4 Å². The van der Waals surface area contributed by atoms with Crippen LogP contribution in [0.5, 0.6) is 0 Å². The molecule has 0 radical (unpaired) electrons. The van der Waals surface area contributed by atoms with Crippen molar-refractivity contribution in [1.29, 1.82) is 0 Å². The third-order valence-corrected chi connectivity index (χ3v) is 7.93. The smallest absolute Gasteiger partial charge is 0.251 e. The minimum atomic E-state index is -0.190. The fourth-order valence-corrected chi connectivity index (χ4v) is 6.08. The molecular formula is C35H37N4O+. The summed E-state index contributed by atoms with van der Waals surface area (Å²) in [7, 11) is 0. The quantitative estimate of drug-likeness (QED) is 0.264. The molecule has 1 saturated heterocycles. The number of quaternary nitrogens is 1. The second-order valence-corrected chi connectivity index (χ2v) is 11.0. The molecule has 0 aliphatic carbocycles. The maximum Gasteiger partial charge on any atom is 0.439 e. The Morgan fingerprint density at radius 3 is 1.20 bits per heavy atom. The Morgan fingerprint density at radius 2 is 0.825 bits per heavy atom. The fourth-order valence-electron chi connectivity index (χ4n) is 6.08. The Kier molecular flexibility index (Phi) is 7.03. The van der Waals surface area contributed by atoms with E-state index in [1.165, 1.54) is 0 Å². The predicted octanol–water partition coefficient (Wildman–Crippen LogP) is 8.98. The van der Waals surface area contributed by atoms with Crippen molar-refractivity contribution in [3.05, 3.63) is 117 Å². The lowest BCUT2D eigenvalue weighted by molar-refractivity contribution is 0.238. The highest BCUT2D eigenvalue weighted by Gasteiger charge is 2.59. The lowest BCUT2D eigenvalue weighted by atomic mass is 9.99. The van der Waals surface area contributed by atoms with Gasteiger partial charge in [-0.2, -0.15) is 4.99 Å². The van der Waals surface area contributed by atoms with Crippen molar-refractivity contribution >= 4 is 40.5 Å². The standard InChI is InChI=1S/C35H36N4O/c1-21-13-9-14-22(2)29(21)36-33-34(37-30-23(3)15-10-16-24(30)4)39(35(40)38-33,31-25(5)17-11-18-26(31)6)32-27(7)19-12-20-28(32)8/h9-20H,1-8H3/p+1. The lowest BCUT2D eigenvalue weighted by Crippen LogP contribution is -2.52. The maximum atomic E-state index is 14.7. The summed E-state index contributed by atoms with van der Waals surface area (Å²) in [4.78, 5) is 25.3. The highest BCUT2D eigenvalue weighted by molar-refractivity contribution is 6.56. The van der Waals surface area contributed by atoms with Gasteiger partial charge in [-0.3, -0.25) is 5.32 Å². The van der Waals surface area contributed by atoms with Crippen molar-refractivity contribution < 1.29 is 4.79 Å². The number of para-hydroxylation sites is 4. The minimum absolute atomic E-state index is 0.186. The molecule has 0 bridgehead atoms. The van der Waals surface area contributed by atoms with E-state index >= 15 is 0 Å². The van der Waals surface area contributed by atoms with Crippen molar-refractivity contribution in [1.82, 2.24) is 9.80 Å². The van der Waals surface area contributed by atoms with E-state index in [1.807, 2.05) is 50.2 Å². The van der Waals surface area contributed by atoms with Crippen LogP contribution in [0, 0.1) is 55.4 Å². The molecule has 2 amide bonds. The monoisotopic (exact) mass is 529 g/mol. The van der Waals surface area contributed by atoms with Crippen LogP contribution < -0.4 is 9.80 Å². The zero-order valence-corrected chi connectivity index (χ0v) is 24.7. The number of rotatable bonds is 4. The van der Waals surface area contributed by atoms with E-state index < -0.39 is 0 Å². The average Bonchev–Trinajstić information content (AvgIpc) is 3.14. The normalized spacial score (nSPS) is 16.6. The number of hydrogen-bond acceptors (Lipinski definition) is 3. The van der Waals surface area contributed by atoms with Gasteiger partial charge in [-0.15, -0.1) is 4.48 Å². The van der Waals surface area contributed by atoms with Crippen LogP contribution in [-0.2, 0) is 0 Å². The van der Waals surface area contributed by atoms with Gasteiger partial charge in [0, 0.05) is 22.3 Å². The van der Waals surface area contributed by atoms with Crippen LogP contribution in [-0.4, -0.2) is 17.7 Å². The number of hydrogen-bond donors (Lipinski definition) is 1. The largest absolute Gasteiger partial charge is 0.439 e. The minimum Gasteiger partial charge on any atom is -0.251 e. The van der Waals surface area contributed by atoms with E-state index in [1.54, 1.807) is 0 Å². The average molecular weight is 530 g/mol. The summed E-state index contributed by atoms with van der Waals surface area (Å²) in [6, 6.07) is 24.5. The first-order valence-electron chi connectivity index (χ1n) is 13.7. The lowest BCUT2D eigenvalue weighted by Gasteiger charge is -2.33. The molecule has 0 aromatic heterocycles. The van der Waals surface area contributed by atoms with Gasteiger partial charge in [0.25, 0.3) is 5.84 Å². The van der Waals surface area contributed by atoms with E-state index in [0.717, 1.165) is 67.3 Å². The SMILES string of the molecule is Cc1cccc(C)c1N=C1NC(=O)[N+](c2c(C)cccc2C)(c2c(C)cccc2C)C1=Nc1c(C)cccc1C. The molecule has 5 heteroatoms. The van der Waals surface area contributed by atoms with Crippen molar-refractivity contribution in [3.63, 3.8) is 0 Å². The summed E-state index contributed by atoms with van der Waals surface area (Å²) in [6.07, 6.45) is 0. The van der Waals surface area contributed by atoms with Crippen molar-refractivity contribution in [2.24, 2.45) is 9.98 Å². The summed E-state index contributed by atoms with van der Waals surface area (Å²) >= 11 is 0. The van der Waals surface area contributed by atoms with Gasteiger partial charge in [-0.05, 0) is 77.6 Å². The van der Waals surface area contributed by atoms with Crippen LogP contribution in [0.1, 0.15) is 44.5 Å². The number of urea groups is 1. The number of nitrogens with one attached hydrogen (secondary N) is 1. The van der Waals surface area contributed by atoms with Gasteiger partial charge >= 0.3 is 6.03 Å². The molecule has 0 saturated carbocycles. The van der Waals surface area contributed by atoms with Gasteiger partial charge in [0.05, 0.1) is 11.4 Å². The predicted molar refractivity (Wildman–Crippen MR) is 168 cm³/mol. The van der Waals surface area contributed by atoms with Crippen LogP contribution in [0.25, 0.3) is 0 Å². The van der Waals surface area contributed by atoms with Crippen LogP contribution in [0.3, 0.4) is 0 Å². The van der Waals surface area contributed by atoms with Gasteiger partial charge in [-0.25, -0.2) is 9.79 Å². The second-order valence-electron chi connectivity index (χ2n) is 11.0. The Morgan fingerprint density at radius 1 is 0.500 bits per heavy atom. The Bertz CT molecular complexity index is 1600. The van der Waals surface area contributed by atoms with E-state index in [4.69, 9.17) is 9.98 Å². The molecule has 1 heterocycles. The van der Waals surface area contributed by atoms with Gasteiger partial charge in [0.15, 0.2) is 11.4 Å². The second kappa shape index (κ2) is 10.3. The van der Waals surface area contributed by atoms with Gasteiger partial charge in [0.1, 0.15) is 0 Å². The van der Waals surface area contributed by atoms with Crippen molar-refractivity contribution in [2.75, 3.05) is 0 Å². The number of nitrogens with zero attached hydrogens (tertiary/aromatic N) is 3. The van der Waals surface area contributed by atoms with Gasteiger partial charge in [0.2, 0.25) is 5.84 Å². The first kappa shape index (κ1) is 27.2. The van der Waals surface area contributed by atoms with E-state index in [2.05, 4.69) is 83.3 Å². The van der Waals surface area contributed by atoms with Gasteiger partial charge < -0.3 is 0 Å². The molecule has 1 aliphatic heterocycles. The van der Waals surface area contributed by atoms with E-state index in [9.17, 15) is 4.79 Å². The number of amidine groups is 2. The first-order chi connectivity index (χ1) is 19.1. The number of aryl methyl sites for hydroxylation is 8. The molecule has 40 heavy (non-hydrogen) atoms. The Hall–Kier alpha value is -4.35. The molecule has 0 spiro atoms. The molecule has 1 fully saturated rings. The number of benzene rings is 4. The number of carbonyl (C=O) groups excluding carboxylic acids is 1. The fraction of sp³-hybridized carbons (Fsp3) is 0.229. The zero-order chi connectivity index (χ0) is 28.8. The molecule has 0 unspecified atom stereocenters. The summed E-state index contributed by atoms with van der Waals surface area (Å²) < 4.78 is -0.186. The number of carbonyl (C=O) groups is 1. The first-order valence-corrected chi connectivity index (χ1v) is 13.7. The topological polar surface area (TPSA) is 53.8 Å². The Labute approximate surface area is 237 Å². The van der Waals surface area contributed by atoms with E-state index in [0.29, 0.717) is 11.7 Å². The summed E-state index contributed by atoms with van der Waals surface area (Å²) in [5.74, 6) is 1.04. The summed E-state index contributed by atoms with van der Waals surface area (Å²) in [6.45, 7) is 16.5. The van der Waals surface area contributed by atoms with E-state index in [-0.39, 0.29) is 10.5 Å². The number of amides is 2. The van der Waals surface area contributed by atoms with Gasteiger partial charge in [-0.1, -0.05) is 72.8 Å².